The van der Waals surface area contributed by atoms with E-state index in [1.54, 1.807) is 13.8 Å². The highest BCUT2D eigenvalue weighted by atomic mass is 16.5. The number of aromatic amines is 1. The van der Waals surface area contributed by atoms with Crippen LogP contribution in [-0.2, 0) is 16.0 Å². The number of esters is 1. The van der Waals surface area contributed by atoms with Gasteiger partial charge in [0.1, 0.15) is 5.69 Å². The van der Waals surface area contributed by atoms with Crippen LogP contribution in [0.15, 0.2) is 30.3 Å². The second-order valence-electron chi connectivity index (χ2n) is 6.26. The molecule has 0 saturated carbocycles. The summed E-state index contributed by atoms with van der Waals surface area (Å²) >= 11 is 0. The minimum atomic E-state index is -0.929. The van der Waals surface area contributed by atoms with E-state index >= 15 is 0 Å². The highest BCUT2D eigenvalue weighted by Gasteiger charge is 2.24. The number of benzene rings is 1. The van der Waals surface area contributed by atoms with Crippen molar-refractivity contribution in [1.29, 1.82) is 0 Å². The molecule has 0 bridgehead atoms. The fourth-order valence-electron chi connectivity index (χ4n) is 2.87. The van der Waals surface area contributed by atoms with Crippen molar-refractivity contribution in [2.45, 2.75) is 40.2 Å². The lowest BCUT2D eigenvalue weighted by Crippen LogP contribution is -2.37. The highest BCUT2D eigenvalue weighted by Crippen LogP contribution is 2.19. The molecule has 1 aromatic carbocycles. The zero-order chi connectivity index (χ0) is 19.3. The zero-order valence-electron chi connectivity index (χ0n) is 15.5. The molecule has 1 aromatic heterocycles. The SMILES string of the molecule is CC(=O)c1c(C)[nH]c(C(=O)O[C@H](C)C(=O)NCCc2ccccc2)c1C. The first-order valence-electron chi connectivity index (χ1n) is 8.54. The van der Waals surface area contributed by atoms with Crippen molar-refractivity contribution in [3.05, 3.63) is 58.4 Å². The first-order valence-corrected chi connectivity index (χ1v) is 8.54. The molecule has 0 fully saturated rings. The number of amides is 1. The number of H-pyrrole nitrogens is 1. The number of nitrogens with one attached hydrogen (secondary N) is 2. The number of hydrogen-bond donors (Lipinski definition) is 2. The van der Waals surface area contributed by atoms with Gasteiger partial charge in [-0.25, -0.2) is 4.79 Å². The number of carbonyl (C=O) groups excluding carboxylic acids is 3. The van der Waals surface area contributed by atoms with Crippen LogP contribution < -0.4 is 5.32 Å². The molecule has 0 aliphatic rings. The van der Waals surface area contributed by atoms with Crippen LogP contribution in [0.2, 0.25) is 0 Å². The van der Waals surface area contributed by atoms with Crippen molar-refractivity contribution in [3.8, 4) is 0 Å². The maximum atomic E-state index is 12.3. The van der Waals surface area contributed by atoms with E-state index in [0.717, 1.165) is 5.56 Å². The standard InChI is InChI=1S/C20H24N2O4/c1-12-17(14(3)23)13(2)22-18(12)20(25)26-15(4)19(24)21-11-10-16-8-6-5-7-9-16/h5-9,15,22H,10-11H2,1-4H3,(H,21,24)/t15-/m1/s1. The van der Waals surface area contributed by atoms with Crippen molar-refractivity contribution >= 4 is 17.7 Å². The van der Waals surface area contributed by atoms with Gasteiger partial charge in [-0.05, 0) is 45.2 Å². The van der Waals surface area contributed by atoms with Gasteiger partial charge in [0, 0.05) is 17.8 Å². The number of ketones is 1. The summed E-state index contributed by atoms with van der Waals surface area (Å²) in [5, 5.41) is 2.76. The molecule has 2 rings (SSSR count). The monoisotopic (exact) mass is 356 g/mol. The van der Waals surface area contributed by atoms with E-state index < -0.39 is 12.1 Å². The van der Waals surface area contributed by atoms with Crippen LogP contribution in [0.5, 0.6) is 0 Å². The predicted octanol–water partition coefficient (Wildman–Crippen LogP) is 2.74. The number of hydrogen-bond acceptors (Lipinski definition) is 4. The Balaban J connectivity index is 1.91. The summed E-state index contributed by atoms with van der Waals surface area (Å²) in [6.07, 6.45) is -0.230. The van der Waals surface area contributed by atoms with Crippen LogP contribution in [0.4, 0.5) is 0 Å². The molecule has 0 radical (unpaired) electrons. The van der Waals surface area contributed by atoms with Gasteiger partial charge < -0.3 is 15.0 Å². The molecule has 6 nitrogen and oxygen atoms in total. The summed E-state index contributed by atoms with van der Waals surface area (Å²) < 4.78 is 5.24. The molecular formula is C20H24N2O4. The third kappa shape index (κ3) is 4.59. The van der Waals surface area contributed by atoms with Gasteiger partial charge in [-0.15, -0.1) is 0 Å². The fourth-order valence-corrected chi connectivity index (χ4v) is 2.87. The molecule has 1 atom stereocenters. The summed E-state index contributed by atoms with van der Waals surface area (Å²) in [6.45, 7) is 6.83. The van der Waals surface area contributed by atoms with E-state index in [2.05, 4.69) is 10.3 Å². The molecule has 0 saturated heterocycles. The summed E-state index contributed by atoms with van der Waals surface area (Å²) in [6, 6.07) is 9.79. The third-order valence-corrected chi connectivity index (χ3v) is 4.20. The Labute approximate surface area is 152 Å². The van der Waals surface area contributed by atoms with Crippen molar-refractivity contribution < 1.29 is 19.1 Å². The lowest BCUT2D eigenvalue weighted by Gasteiger charge is -2.13. The lowest BCUT2D eigenvalue weighted by atomic mass is 10.1. The van der Waals surface area contributed by atoms with Gasteiger partial charge in [0.25, 0.3) is 5.91 Å². The Morgan fingerprint density at radius 2 is 1.81 bits per heavy atom. The largest absolute Gasteiger partial charge is 0.448 e. The summed E-state index contributed by atoms with van der Waals surface area (Å²) in [4.78, 5) is 39.0. The zero-order valence-corrected chi connectivity index (χ0v) is 15.5. The van der Waals surface area contributed by atoms with Crippen molar-refractivity contribution in [2.24, 2.45) is 0 Å². The van der Waals surface area contributed by atoms with Gasteiger partial charge in [0.15, 0.2) is 11.9 Å². The number of ether oxygens (including phenoxy) is 1. The van der Waals surface area contributed by atoms with Crippen molar-refractivity contribution in [3.63, 3.8) is 0 Å². The first kappa shape index (κ1) is 19.4. The van der Waals surface area contributed by atoms with Crippen molar-refractivity contribution in [1.82, 2.24) is 10.3 Å². The van der Waals surface area contributed by atoms with Gasteiger partial charge in [0.05, 0.1) is 0 Å². The molecule has 0 aliphatic heterocycles. The molecule has 6 heteroatoms. The summed E-state index contributed by atoms with van der Waals surface area (Å²) in [7, 11) is 0. The van der Waals surface area contributed by atoms with Gasteiger partial charge in [-0.2, -0.15) is 0 Å². The van der Waals surface area contributed by atoms with E-state index in [1.165, 1.54) is 13.8 Å². The van der Waals surface area contributed by atoms with Gasteiger partial charge in [-0.3, -0.25) is 9.59 Å². The molecular weight excluding hydrogens is 332 g/mol. The summed E-state index contributed by atoms with van der Waals surface area (Å²) in [5.74, 6) is -1.13. The fraction of sp³-hybridized carbons (Fsp3) is 0.350. The number of carbonyl (C=O) groups is 3. The van der Waals surface area contributed by atoms with Gasteiger partial charge in [-0.1, -0.05) is 30.3 Å². The second-order valence-corrected chi connectivity index (χ2v) is 6.26. The van der Waals surface area contributed by atoms with Crippen LogP contribution in [-0.4, -0.2) is 35.3 Å². The van der Waals surface area contributed by atoms with Gasteiger partial charge in [0.2, 0.25) is 0 Å². The predicted molar refractivity (Wildman–Crippen MR) is 98.3 cm³/mol. The van der Waals surface area contributed by atoms with Crippen LogP contribution in [0.3, 0.4) is 0 Å². The van der Waals surface area contributed by atoms with E-state index in [-0.39, 0.29) is 17.4 Å². The molecule has 0 aliphatic carbocycles. The van der Waals surface area contributed by atoms with Crippen LogP contribution >= 0.6 is 0 Å². The van der Waals surface area contributed by atoms with Crippen LogP contribution in [0.25, 0.3) is 0 Å². The van der Waals surface area contributed by atoms with Crippen molar-refractivity contribution in [2.75, 3.05) is 6.54 Å². The third-order valence-electron chi connectivity index (χ3n) is 4.20. The quantitative estimate of drug-likeness (QED) is 0.590. The number of rotatable bonds is 7. The van der Waals surface area contributed by atoms with E-state index in [4.69, 9.17) is 4.74 Å². The highest BCUT2D eigenvalue weighted by molar-refractivity contribution is 6.01. The Hall–Kier alpha value is -2.89. The molecule has 1 amide bonds. The second kappa shape index (κ2) is 8.47. The Morgan fingerprint density at radius 1 is 1.15 bits per heavy atom. The van der Waals surface area contributed by atoms with E-state index in [1.807, 2.05) is 30.3 Å². The number of aromatic nitrogens is 1. The first-order chi connectivity index (χ1) is 12.3. The van der Waals surface area contributed by atoms with Crippen LogP contribution in [0.1, 0.15) is 51.5 Å². The maximum Gasteiger partial charge on any atom is 0.355 e. The van der Waals surface area contributed by atoms with E-state index in [9.17, 15) is 14.4 Å². The Morgan fingerprint density at radius 3 is 2.38 bits per heavy atom. The molecule has 0 unspecified atom stereocenters. The average molecular weight is 356 g/mol. The molecule has 0 spiro atoms. The number of Topliss-reactive ketones (excluding diaryl/α,β-unsaturated/α-hetero) is 1. The molecule has 1 heterocycles. The minimum Gasteiger partial charge on any atom is -0.448 e. The molecule has 26 heavy (non-hydrogen) atoms. The van der Waals surface area contributed by atoms with Gasteiger partial charge >= 0.3 is 5.97 Å². The smallest absolute Gasteiger partial charge is 0.355 e. The Bertz CT molecular complexity index is 809. The summed E-state index contributed by atoms with van der Waals surface area (Å²) in [5.41, 5.74) is 2.96. The minimum absolute atomic E-state index is 0.123. The number of aryl methyl sites for hydroxylation is 1. The van der Waals surface area contributed by atoms with Crippen LogP contribution in [0, 0.1) is 13.8 Å². The Kier molecular flexibility index (Phi) is 6.33. The maximum absolute atomic E-state index is 12.3. The molecule has 2 N–H and O–H groups in total. The molecule has 138 valence electrons. The lowest BCUT2D eigenvalue weighted by molar-refractivity contribution is -0.129. The topological polar surface area (TPSA) is 88.3 Å². The normalized spacial score (nSPS) is 11.7. The average Bonchev–Trinajstić information content (AvgIpc) is 2.90. The van der Waals surface area contributed by atoms with E-state index in [0.29, 0.717) is 29.8 Å². The molecule has 2 aromatic rings.